The molecular weight excluding hydrogens is 184 g/mol. The number of ether oxygens (including phenoxy) is 1. The summed E-state index contributed by atoms with van der Waals surface area (Å²) in [7, 11) is 3.72. The van der Waals surface area contributed by atoms with Gasteiger partial charge in [-0.15, -0.1) is 0 Å². The smallest absolute Gasteiger partial charge is 0.407 e. The van der Waals surface area contributed by atoms with Crippen molar-refractivity contribution in [1.82, 2.24) is 10.2 Å². The van der Waals surface area contributed by atoms with Gasteiger partial charge in [0.15, 0.2) is 0 Å². The highest BCUT2D eigenvalue weighted by molar-refractivity contribution is 5.67. The van der Waals surface area contributed by atoms with Crippen LogP contribution in [0.3, 0.4) is 0 Å². The molecule has 0 rings (SSSR count). The van der Waals surface area contributed by atoms with E-state index in [1.165, 1.54) is 0 Å². The first-order chi connectivity index (χ1) is 6.37. The third-order valence-corrected chi connectivity index (χ3v) is 1.55. The quantitative estimate of drug-likeness (QED) is 0.664. The Morgan fingerprint density at radius 1 is 1.57 bits per heavy atom. The molecule has 1 atom stereocenters. The number of nitrogens with one attached hydrogen (secondary N) is 1. The van der Waals surface area contributed by atoms with E-state index in [2.05, 4.69) is 10.1 Å². The lowest BCUT2D eigenvalue weighted by Crippen LogP contribution is -2.47. The van der Waals surface area contributed by atoms with Gasteiger partial charge in [-0.3, -0.25) is 0 Å². The van der Waals surface area contributed by atoms with Gasteiger partial charge >= 0.3 is 6.09 Å². The van der Waals surface area contributed by atoms with Crippen molar-refractivity contribution in [1.29, 1.82) is 0 Å². The van der Waals surface area contributed by atoms with E-state index < -0.39 is 11.7 Å². The molecule has 2 N–H and O–H groups in total. The molecule has 0 fully saturated rings. The van der Waals surface area contributed by atoms with Gasteiger partial charge in [-0.05, 0) is 27.9 Å². The van der Waals surface area contributed by atoms with Gasteiger partial charge in [0.2, 0.25) is 0 Å². The molecule has 1 unspecified atom stereocenters. The summed E-state index contributed by atoms with van der Waals surface area (Å²) < 4.78 is 4.67. The molecule has 0 heterocycles. The van der Waals surface area contributed by atoms with Crippen LogP contribution in [0, 0.1) is 0 Å². The Hall–Kier alpha value is -0.810. The lowest BCUT2D eigenvalue weighted by Gasteiger charge is -2.26. The number of carbonyl (C=O) groups is 1. The first-order valence-electron chi connectivity index (χ1n) is 4.65. The van der Waals surface area contributed by atoms with Crippen LogP contribution in [-0.4, -0.2) is 55.5 Å². The van der Waals surface area contributed by atoms with Crippen molar-refractivity contribution >= 4 is 6.09 Å². The van der Waals surface area contributed by atoms with Crippen molar-refractivity contribution in [2.24, 2.45) is 0 Å². The maximum atomic E-state index is 10.9. The van der Waals surface area contributed by atoms with Gasteiger partial charge in [-0.2, -0.15) is 0 Å². The summed E-state index contributed by atoms with van der Waals surface area (Å²) in [5.74, 6) is 0. The summed E-state index contributed by atoms with van der Waals surface area (Å²) in [6.45, 7) is 4.40. The average molecular weight is 204 g/mol. The Balaban J connectivity index is 3.80. The summed E-state index contributed by atoms with van der Waals surface area (Å²) >= 11 is 0. The first kappa shape index (κ1) is 13.2. The Morgan fingerprint density at radius 3 is 2.57 bits per heavy atom. The van der Waals surface area contributed by atoms with Crippen LogP contribution in [0.1, 0.15) is 13.8 Å². The fourth-order valence-electron chi connectivity index (χ4n) is 1.18. The number of likely N-dealkylation sites (N-methyl/N-ethyl adjacent to an activating group) is 1. The van der Waals surface area contributed by atoms with Crippen LogP contribution in [-0.2, 0) is 4.74 Å². The molecule has 84 valence electrons. The van der Waals surface area contributed by atoms with E-state index in [1.807, 2.05) is 19.0 Å². The minimum atomic E-state index is -0.934. The van der Waals surface area contributed by atoms with Crippen LogP contribution in [0.15, 0.2) is 0 Å². The van der Waals surface area contributed by atoms with Crippen molar-refractivity contribution in [2.75, 3.05) is 33.8 Å². The summed E-state index contributed by atoms with van der Waals surface area (Å²) in [4.78, 5) is 12.8. The zero-order valence-corrected chi connectivity index (χ0v) is 9.33. The molecule has 0 saturated heterocycles. The van der Waals surface area contributed by atoms with E-state index in [-0.39, 0.29) is 6.54 Å². The number of nitrogens with zero attached hydrogens (tertiary/aromatic N) is 1. The number of hydrogen-bond donors (Lipinski definition) is 2. The lowest BCUT2D eigenvalue weighted by molar-refractivity contribution is 0.0324. The van der Waals surface area contributed by atoms with E-state index in [0.29, 0.717) is 13.2 Å². The summed E-state index contributed by atoms with van der Waals surface area (Å²) in [6, 6.07) is 0. The van der Waals surface area contributed by atoms with Crippen LogP contribution in [0.4, 0.5) is 4.79 Å². The van der Waals surface area contributed by atoms with Crippen molar-refractivity contribution in [3.63, 3.8) is 0 Å². The zero-order valence-electron chi connectivity index (χ0n) is 9.33. The summed E-state index contributed by atoms with van der Waals surface area (Å²) in [5, 5.41) is 12.3. The first-order valence-corrected chi connectivity index (χ1v) is 4.65. The van der Waals surface area contributed by atoms with E-state index in [0.717, 1.165) is 0 Å². The van der Waals surface area contributed by atoms with Crippen LogP contribution in [0.25, 0.3) is 0 Å². The molecule has 0 aliphatic rings. The SMILES string of the molecule is CCOC(=O)NCC(C)(O)CN(C)C. The van der Waals surface area contributed by atoms with Crippen LogP contribution in [0.2, 0.25) is 0 Å². The molecule has 0 aliphatic carbocycles. The van der Waals surface area contributed by atoms with Crippen molar-refractivity contribution in [2.45, 2.75) is 19.4 Å². The maximum absolute atomic E-state index is 10.9. The highest BCUT2D eigenvalue weighted by Crippen LogP contribution is 2.02. The molecule has 0 spiro atoms. The molecular formula is C9H20N2O3. The highest BCUT2D eigenvalue weighted by Gasteiger charge is 2.22. The van der Waals surface area contributed by atoms with Gasteiger partial charge in [0, 0.05) is 6.54 Å². The fraction of sp³-hybridized carbons (Fsp3) is 0.889. The Labute approximate surface area is 85.0 Å². The minimum Gasteiger partial charge on any atom is -0.450 e. The summed E-state index contributed by atoms with van der Waals surface area (Å²) in [6.07, 6.45) is -0.494. The van der Waals surface area contributed by atoms with Gasteiger partial charge in [0.1, 0.15) is 0 Å². The minimum absolute atomic E-state index is 0.185. The van der Waals surface area contributed by atoms with Gasteiger partial charge < -0.3 is 20.1 Å². The molecule has 0 aromatic heterocycles. The topological polar surface area (TPSA) is 61.8 Å². The summed E-state index contributed by atoms with van der Waals surface area (Å²) in [5.41, 5.74) is -0.934. The predicted octanol–water partition coefficient (Wildman–Crippen LogP) is 0.0451. The molecule has 0 saturated carbocycles. The largest absolute Gasteiger partial charge is 0.450 e. The number of alkyl carbamates (subject to hydrolysis) is 1. The van der Waals surface area contributed by atoms with Gasteiger partial charge in [0.25, 0.3) is 0 Å². The standard InChI is InChI=1S/C9H20N2O3/c1-5-14-8(12)10-6-9(2,13)7-11(3)4/h13H,5-7H2,1-4H3,(H,10,12). The van der Waals surface area contributed by atoms with Crippen LogP contribution >= 0.6 is 0 Å². The second-order valence-corrected chi connectivity index (χ2v) is 3.81. The molecule has 0 aromatic rings. The molecule has 0 bridgehead atoms. The second-order valence-electron chi connectivity index (χ2n) is 3.81. The van der Waals surface area contributed by atoms with E-state index >= 15 is 0 Å². The molecule has 0 aliphatic heterocycles. The van der Waals surface area contributed by atoms with Crippen molar-refractivity contribution in [3.8, 4) is 0 Å². The Morgan fingerprint density at radius 2 is 2.14 bits per heavy atom. The van der Waals surface area contributed by atoms with Crippen LogP contribution in [0.5, 0.6) is 0 Å². The van der Waals surface area contributed by atoms with Crippen molar-refractivity contribution in [3.05, 3.63) is 0 Å². The number of aliphatic hydroxyl groups is 1. The molecule has 14 heavy (non-hydrogen) atoms. The van der Waals surface area contributed by atoms with Gasteiger partial charge in [-0.25, -0.2) is 4.79 Å². The Bertz CT molecular complexity index is 181. The molecule has 5 nitrogen and oxygen atoms in total. The number of carbonyl (C=O) groups excluding carboxylic acids is 1. The number of rotatable bonds is 5. The number of amides is 1. The van der Waals surface area contributed by atoms with E-state index in [9.17, 15) is 9.90 Å². The van der Waals surface area contributed by atoms with Gasteiger partial charge in [0.05, 0.1) is 18.8 Å². The monoisotopic (exact) mass is 204 g/mol. The Kier molecular flexibility index (Phi) is 5.49. The highest BCUT2D eigenvalue weighted by atomic mass is 16.5. The van der Waals surface area contributed by atoms with E-state index in [4.69, 9.17) is 0 Å². The lowest BCUT2D eigenvalue weighted by atomic mass is 10.1. The predicted molar refractivity (Wildman–Crippen MR) is 54.2 cm³/mol. The van der Waals surface area contributed by atoms with Crippen LogP contribution < -0.4 is 5.32 Å². The normalized spacial score (nSPS) is 15.0. The molecule has 0 radical (unpaired) electrons. The second kappa shape index (κ2) is 5.82. The third kappa shape index (κ3) is 6.68. The van der Waals surface area contributed by atoms with E-state index in [1.54, 1.807) is 13.8 Å². The maximum Gasteiger partial charge on any atom is 0.407 e. The van der Waals surface area contributed by atoms with Gasteiger partial charge in [-0.1, -0.05) is 0 Å². The number of hydrogen-bond acceptors (Lipinski definition) is 4. The molecule has 5 heteroatoms. The molecule has 1 amide bonds. The molecule has 0 aromatic carbocycles. The third-order valence-electron chi connectivity index (χ3n) is 1.55. The average Bonchev–Trinajstić information content (AvgIpc) is 1.99. The fourth-order valence-corrected chi connectivity index (χ4v) is 1.18. The zero-order chi connectivity index (χ0) is 11.2. The van der Waals surface area contributed by atoms with Crippen molar-refractivity contribution < 1.29 is 14.6 Å².